The fraction of sp³-hybridized carbons (Fsp3) is 0.318. The van der Waals surface area contributed by atoms with Crippen LogP contribution >= 0.6 is 0 Å². The number of amides is 1. The van der Waals surface area contributed by atoms with Gasteiger partial charge in [-0.15, -0.1) is 10.2 Å². The molecule has 1 amide bonds. The first kappa shape index (κ1) is 20.1. The predicted octanol–water partition coefficient (Wildman–Crippen LogP) is 4.42. The van der Waals surface area contributed by atoms with Crippen LogP contribution < -0.4 is 5.32 Å². The zero-order valence-electron chi connectivity index (χ0n) is 16.1. The molecule has 1 aromatic heterocycles. The normalized spacial score (nSPS) is 15.8. The van der Waals surface area contributed by atoms with Crippen molar-refractivity contribution >= 4 is 5.91 Å². The second-order valence-electron chi connectivity index (χ2n) is 7.32. The summed E-state index contributed by atoms with van der Waals surface area (Å²) in [5, 5.41) is 10.8. The first-order chi connectivity index (χ1) is 14.4. The van der Waals surface area contributed by atoms with Crippen LogP contribution in [0.5, 0.6) is 0 Å². The number of fused-ring (bicyclic) bond motifs is 1. The van der Waals surface area contributed by atoms with Crippen molar-refractivity contribution in [3.05, 3.63) is 82.6 Å². The van der Waals surface area contributed by atoms with Gasteiger partial charge in [0.25, 0.3) is 0 Å². The van der Waals surface area contributed by atoms with E-state index >= 15 is 0 Å². The van der Waals surface area contributed by atoms with Crippen LogP contribution in [0.15, 0.2) is 52.9 Å². The number of aromatic nitrogens is 2. The number of aryl methyl sites for hydroxylation is 2. The van der Waals surface area contributed by atoms with Crippen molar-refractivity contribution in [2.75, 3.05) is 0 Å². The molecule has 0 aliphatic heterocycles. The highest BCUT2D eigenvalue weighted by Crippen LogP contribution is 2.31. The van der Waals surface area contributed by atoms with E-state index in [4.69, 9.17) is 4.42 Å². The highest BCUT2D eigenvalue weighted by Gasteiger charge is 2.30. The molecule has 3 aromatic rings. The van der Waals surface area contributed by atoms with Crippen LogP contribution in [0.25, 0.3) is 0 Å². The second kappa shape index (κ2) is 8.30. The first-order valence-corrected chi connectivity index (χ1v) is 9.73. The fourth-order valence-electron chi connectivity index (χ4n) is 3.69. The Kier molecular flexibility index (Phi) is 5.57. The van der Waals surface area contributed by atoms with Crippen LogP contribution in [0.2, 0.25) is 0 Å². The molecule has 4 rings (SSSR count). The van der Waals surface area contributed by atoms with Gasteiger partial charge in [-0.25, -0.2) is 0 Å². The number of nitrogens with one attached hydrogen (secondary N) is 1. The van der Waals surface area contributed by atoms with E-state index in [1.54, 1.807) is 6.07 Å². The summed E-state index contributed by atoms with van der Waals surface area (Å²) >= 11 is 0. The Morgan fingerprint density at radius 3 is 2.73 bits per heavy atom. The summed E-state index contributed by atoms with van der Waals surface area (Å²) in [5.74, 6) is 0.405. The molecule has 5 nitrogen and oxygen atoms in total. The van der Waals surface area contributed by atoms with Gasteiger partial charge in [0.15, 0.2) is 0 Å². The molecular formula is C22H20F3N3O2. The van der Waals surface area contributed by atoms with Crippen molar-refractivity contribution in [2.24, 2.45) is 0 Å². The maximum Gasteiger partial charge on any atom is 0.416 e. The van der Waals surface area contributed by atoms with Gasteiger partial charge in [0.05, 0.1) is 18.0 Å². The zero-order chi connectivity index (χ0) is 21.1. The van der Waals surface area contributed by atoms with Gasteiger partial charge in [-0.2, -0.15) is 13.2 Å². The molecule has 1 atom stereocenters. The number of benzene rings is 2. The molecule has 8 heteroatoms. The SMILES string of the molecule is O=C(CCc1nnc(Cc2cccc(C(F)(F)F)c2)o1)NC1CCc2ccccc21. The molecule has 0 bridgehead atoms. The van der Waals surface area contributed by atoms with E-state index in [-0.39, 0.29) is 37.1 Å². The zero-order valence-corrected chi connectivity index (χ0v) is 16.1. The summed E-state index contributed by atoms with van der Waals surface area (Å²) in [6.45, 7) is 0. The van der Waals surface area contributed by atoms with Gasteiger partial charge in [-0.3, -0.25) is 4.79 Å². The maximum atomic E-state index is 12.8. The van der Waals surface area contributed by atoms with Gasteiger partial charge < -0.3 is 9.73 Å². The summed E-state index contributed by atoms with van der Waals surface area (Å²) in [7, 11) is 0. The largest absolute Gasteiger partial charge is 0.425 e. The number of carbonyl (C=O) groups excluding carboxylic acids is 1. The summed E-state index contributed by atoms with van der Waals surface area (Å²) in [5.41, 5.74) is 2.13. The smallest absolute Gasteiger partial charge is 0.416 e. The van der Waals surface area contributed by atoms with Crippen molar-refractivity contribution in [3.8, 4) is 0 Å². The monoisotopic (exact) mass is 415 g/mol. The highest BCUT2D eigenvalue weighted by atomic mass is 19.4. The van der Waals surface area contributed by atoms with Crippen LogP contribution in [0.1, 0.15) is 52.9 Å². The molecule has 30 heavy (non-hydrogen) atoms. The third kappa shape index (κ3) is 4.69. The van der Waals surface area contributed by atoms with Gasteiger partial charge in [0.2, 0.25) is 17.7 Å². The molecule has 1 aliphatic rings. The average molecular weight is 415 g/mol. The molecule has 0 fully saturated rings. The third-order valence-corrected chi connectivity index (χ3v) is 5.15. The minimum Gasteiger partial charge on any atom is -0.425 e. The molecule has 0 saturated heterocycles. The Labute approximate surface area is 171 Å². The number of nitrogens with zero attached hydrogens (tertiary/aromatic N) is 2. The van der Waals surface area contributed by atoms with E-state index in [0.29, 0.717) is 11.5 Å². The first-order valence-electron chi connectivity index (χ1n) is 9.73. The van der Waals surface area contributed by atoms with Crippen molar-refractivity contribution in [3.63, 3.8) is 0 Å². The standard InChI is InChI=1S/C22H20F3N3O2/c23-22(24,25)16-6-3-4-14(12-16)13-21-28-27-20(30-21)11-10-19(29)26-18-9-8-15-5-1-2-7-17(15)18/h1-7,12,18H,8-11,13H2,(H,26,29). The highest BCUT2D eigenvalue weighted by molar-refractivity contribution is 5.76. The second-order valence-corrected chi connectivity index (χ2v) is 7.32. The molecule has 1 heterocycles. The number of alkyl halides is 3. The predicted molar refractivity (Wildman–Crippen MR) is 103 cm³/mol. The Morgan fingerprint density at radius 1 is 1.10 bits per heavy atom. The van der Waals surface area contributed by atoms with Crippen molar-refractivity contribution in [1.82, 2.24) is 15.5 Å². The van der Waals surface area contributed by atoms with Crippen LogP contribution in [-0.2, 0) is 30.2 Å². The van der Waals surface area contributed by atoms with Crippen LogP contribution in [0.4, 0.5) is 13.2 Å². The van der Waals surface area contributed by atoms with E-state index < -0.39 is 11.7 Å². The minimum atomic E-state index is -4.40. The Balaban J connectivity index is 1.30. The Hall–Kier alpha value is -3.16. The van der Waals surface area contributed by atoms with E-state index in [1.807, 2.05) is 18.2 Å². The lowest BCUT2D eigenvalue weighted by atomic mass is 10.1. The van der Waals surface area contributed by atoms with Crippen molar-refractivity contribution in [1.29, 1.82) is 0 Å². The molecule has 0 radical (unpaired) electrons. The Bertz CT molecular complexity index is 1050. The maximum absolute atomic E-state index is 12.8. The number of hydrogen-bond acceptors (Lipinski definition) is 4. The van der Waals surface area contributed by atoms with Crippen molar-refractivity contribution in [2.45, 2.75) is 44.3 Å². The van der Waals surface area contributed by atoms with Gasteiger partial charge >= 0.3 is 6.18 Å². The van der Waals surface area contributed by atoms with Gasteiger partial charge in [0.1, 0.15) is 0 Å². The molecule has 156 valence electrons. The van der Waals surface area contributed by atoms with Crippen LogP contribution in [0, 0.1) is 0 Å². The molecular weight excluding hydrogens is 395 g/mol. The summed E-state index contributed by atoms with van der Waals surface area (Å²) in [6, 6.07) is 13.1. The Morgan fingerprint density at radius 2 is 1.90 bits per heavy atom. The lowest BCUT2D eigenvalue weighted by molar-refractivity contribution is -0.137. The quantitative estimate of drug-likeness (QED) is 0.647. The van der Waals surface area contributed by atoms with E-state index in [9.17, 15) is 18.0 Å². The number of hydrogen-bond donors (Lipinski definition) is 1. The summed E-state index contributed by atoms with van der Waals surface area (Å²) < 4.78 is 44.0. The van der Waals surface area contributed by atoms with E-state index in [2.05, 4.69) is 21.6 Å². The van der Waals surface area contributed by atoms with Crippen LogP contribution in [-0.4, -0.2) is 16.1 Å². The molecule has 1 unspecified atom stereocenters. The minimum absolute atomic E-state index is 0.0212. The number of halogens is 3. The van der Waals surface area contributed by atoms with Gasteiger partial charge in [-0.05, 0) is 35.6 Å². The third-order valence-electron chi connectivity index (χ3n) is 5.15. The average Bonchev–Trinajstić information content (AvgIpc) is 3.33. The lowest BCUT2D eigenvalue weighted by Gasteiger charge is -2.13. The molecule has 1 aliphatic carbocycles. The van der Waals surface area contributed by atoms with E-state index in [0.717, 1.165) is 30.5 Å². The van der Waals surface area contributed by atoms with Crippen LogP contribution in [0.3, 0.4) is 0 Å². The van der Waals surface area contributed by atoms with E-state index in [1.165, 1.54) is 11.6 Å². The number of carbonyl (C=O) groups is 1. The molecule has 0 saturated carbocycles. The number of rotatable bonds is 6. The van der Waals surface area contributed by atoms with Gasteiger partial charge in [-0.1, -0.05) is 42.5 Å². The summed E-state index contributed by atoms with van der Waals surface area (Å²) in [4.78, 5) is 12.3. The topological polar surface area (TPSA) is 68.0 Å². The molecule has 1 N–H and O–H groups in total. The molecule has 2 aromatic carbocycles. The molecule has 0 spiro atoms. The fourth-order valence-corrected chi connectivity index (χ4v) is 3.69. The van der Waals surface area contributed by atoms with Crippen molar-refractivity contribution < 1.29 is 22.4 Å². The summed E-state index contributed by atoms with van der Waals surface area (Å²) in [6.07, 6.45) is -2.00. The van der Waals surface area contributed by atoms with Gasteiger partial charge in [0, 0.05) is 12.8 Å². The lowest BCUT2D eigenvalue weighted by Crippen LogP contribution is -2.27.